The highest BCUT2D eigenvalue weighted by atomic mass is 16.3. The van der Waals surface area contributed by atoms with Crippen molar-refractivity contribution < 1.29 is 5.11 Å². The van der Waals surface area contributed by atoms with Gasteiger partial charge in [0.1, 0.15) is 5.75 Å². The third kappa shape index (κ3) is 6.41. The van der Waals surface area contributed by atoms with Crippen molar-refractivity contribution in [2.45, 2.75) is 93.4 Å². The van der Waals surface area contributed by atoms with Gasteiger partial charge in [-0.2, -0.15) is 0 Å². The minimum Gasteiger partial charge on any atom is -0.507 e. The molecule has 1 N–H and O–H groups in total. The summed E-state index contributed by atoms with van der Waals surface area (Å²) in [5.41, 5.74) is 4.50. The minimum atomic E-state index is -0.0593. The number of aromatic hydroxyl groups is 1. The molecule has 0 aliphatic heterocycles. The topological polar surface area (TPSA) is 20.2 Å². The Morgan fingerprint density at radius 1 is 1.13 bits per heavy atom. The number of benzene rings is 1. The molecule has 0 aromatic heterocycles. The molecule has 1 aromatic rings. The van der Waals surface area contributed by atoms with Gasteiger partial charge in [-0.15, -0.1) is 0 Å². The molecular weight excluding hydrogens is 280 g/mol. The number of hydrogen-bond acceptors (Lipinski definition) is 1. The lowest BCUT2D eigenvalue weighted by Gasteiger charge is -2.26. The molecule has 0 aliphatic rings. The molecule has 134 valence electrons. The van der Waals surface area contributed by atoms with E-state index < -0.39 is 0 Å². The van der Waals surface area contributed by atoms with Crippen LogP contribution >= 0.6 is 0 Å². The normalized spacial score (nSPS) is 10.4. The SMILES string of the molecule is C=Cc1c(O)c(C(C)(C)C)cc(C(C)C)c1CCC.CC.CC. The maximum Gasteiger partial charge on any atom is 0.126 e. The lowest BCUT2D eigenvalue weighted by atomic mass is 9.79. The Balaban J connectivity index is 0. The minimum absolute atomic E-state index is 0.0593. The second-order valence-electron chi connectivity index (χ2n) is 6.61. The Morgan fingerprint density at radius 2 is 1.61 bits per heavy atom. The van der Waals surface area contributed by atoms with Gasteiger partial charge in [0.15, 0.2) is 0 Å². The molecule has 0 unspecified atom stereocenters. The van der Waals surface area contributed by atoms with Gasteiger partial charge in [0, 0.05) is 11.1 Å². The molecule has 1 nitrogen and oxygen atoms in total. The molecule has 0 spiro atoms. The summed E-state index contributed by atoms with van der Waals surface area (Å²) in [5.74, 6) is 0.872. The summed E-state index contributed by atoms with van der Waals surface area (Å²) in [5, 5.41) is 10.6. The highest BCUT2D eigenvalue weighted by Gasteiger charge is 2.24. The molecule has 0 saturated heterocycles. The zero-order chi connectivity index (χ0) is 18.8. The maximum absolute atomic E-state index is 10.6. The molecule has 0 aliphatic carbocycles. The average Bonchev–Trinajstić information content (AvgIpc) is 2.50. The van der Waals surface area contributed by atoms with Gasteiger partial charge in [0.2, 0.25) is 0 Å². The van der Waals surface area contributed by atoms with E-state index in [1.165, 1.54) is 11.1 Å². The van der Waals surface area contributed by atoms with Gasteiger partial charge in [0.05, 0.1) is 0 Å². The van der Waals surface area contributed by atoms with E-state index in [9.17, 15) is 5.11 Å². The van der Waals surface area contributed by atoms with Crippen LogP contribution in [0.1, 0.15) is 104 Å². The fourth-order valence-electron chi connectivity index (χ4n) is 2.59. The van der Waals surface area contributed by atoms with Crippen LogP contribution in [-0.2, 0) is 11.8 Å². The van der Waals surface area contributed by atoms with Crippen LogP contribution in [0, 0.1) is 0 Å². The Morgan fingerprint density at radius 3 is 1.91 bits per heavy atom. The van der Waals surface area contributed by atoms with E-state index in [4.69, 9.17) is 0 Å². The lowest BCUT2D eigenvalue weighted by molar-refractivity contribution is 0.443. The van der Waals surface area contributed by atoms with Crippen LogP contribution in [0.15, 0.2) is 12.6 Å². The van der Waals surface area contributed by atoms with Crippen molar-refractivity contribution >= 4 is 6.08 Å². The van der Waals surface area contributed by atoms with Crippen molar-refractivity contribution in [3.63, 3.8) is 0 Å². The zero-order valence-electron chi connectivity index (χ0n) is 17.3. The average molecular weight is 321 g/mol. The number of rotatable bonds is 4. The van der Waals surface area contributed by atoms with E-state index >= 15 is 0 Å². The van der Waals surface area contributed by atoms with Crippen molar-refractivity contribution in [3.05, 3.63) is 34.9 Å². The third-order valence-corrected chi connectivity index (χ3v) is 3.62. The third-order valence-electron chi connectivity index (χ3n) is 3.62. The molecule has 1 aromatic carbocycles. The second kappa shape index (κ2) is 11.3. The van der Waals surface area contributed by atoms with Crippen LogP contribution in [0.2, 0.25) is 0 Å². The van der Waals surface area contributed by atoms with Crippen LogP contribution in [0.5, 0.6) is 5.75 Å². The molecule has 1 heteroatoms. The van der Waals surface area contributed by atoms with Crippen molar-refractivity contribution in [3.8, 4) is 5.75 Å². The first-order valence-corrected chi connectivity index (χ1v) is 9.25. The number of phenols is 1. The lowest BCUT2D eigenvalue weighted by Crippen LogP contribution is -2.14. The first-order valence-electron chi connectivity index (χ1n) is 9.25. The van der Waals surface area contributed by atoms with Gasteiger partial charge in [-0.05, 0) is 28.9 Å². The Labute approximate surface area is 145 Å². The van der Waals surface area contributed by atoms with E-state index in [0.717, 1.165) is 24.0 Å². The van der Waals surface area contributed by atoms with Crippen LogP contribution < -0.4 is 0 Å². The fraction of sp³-hybridized carbons (Fsp3) is 0.636. The van der Waals surface area contributed by atoms with Gasteiger partial charge in [-0.3, -0.25) is 0 Å². The predicted octanol–water partition coefficient (Wildman–Crippen LogP) is 7.46. The van der Waals surface area contributed by atoms with Crippen LogP contribution in [-0.4, -0.2) is 5.11 Å². The Bertz CT molecular complexity index is 462. The molecular formula is C22H40O. The van der Waals surface area contributed by atoms with E-state index in [1.807, 2.05) is 27.7 Å². The van der Waals surface area contributed by atoms with Crippen molar-refractivity contribution in [2.75, 3.05) is 0 Å². The van der Waals surface area contributed by atoms with Crippen LogP contribution in [0.4, 0.5) is 0 Å². The van der Waals surface area contributed by atoms with E-state index in [0.29, 0.717) is 11.7 Å². The van der Waals surface area contributed by atoms with E-state index in [2.05, 4.69) is 54.2 Å². The molecule has 0 bridgehead atoms. The van der Waals surface area contributed by atoms with E-state index in [1.54, 1.807) is 6.08 Å². The first-order chi connectivity index (χ1) is 10.7. The molecule has 0 fully saturated rings. The van der Waals surface area contributed by atoms with Crippen molar-refractivity contribution in [1.82, 2.24) is 0 Å². The van der Waals surface area contributed by atoms with Crippen LogP contribution in [0.25, 0.3) is 6.08 Å². The fourth-order valence-corrected chi connectivity index (χ4v) is 2.59. The monoisotopic (exact) mass is 320 g/mol. The Hall–Kier alpha value is -1.24. The summed E-state index contributed by atoms with van der Waals surface area (Å²) in [6, 6.07) is 2.19. The highest BCUT2D eigenvalue weighted by molar-refractivity contribution is 5.66. The maximum atomic E-state index is 10.6. The second-order valence-corrected chi connectivity index (χ2v) is 6.61. The Kier molecular flexibility index (Phi) is 11.8. The summed E-state index contributed by atoms with van der Waals surface area (Å²) in [6.07, 6.45) is 3.88. The van der Waals surface area contributed by atoms with Gasteiger partial charge in [0.25, 0.3) is 0 Å². The predicted molar refractivity (Wildman–Crippen MR) is 108 cm³/mol. The molecule has 0 amide bonds. The number of phenolic OH excluding ortho intramolecular Hbond substituents is 1. The highest BCUT2D eigenvalue weighted by Crippen LogP contribution is 2.40. The molecule has 23 heavy (non-hydrogen) atoms. The smallest absolute Gasteiger partial charge is 0.126 e. The summed E-state index contributed by atoms with van der Waals surface area (Å²) in [6.45, 7) is 24.9. The summed E-state index contributed by atoms with van der Waals surface area (Å²) in [4.78, 5) is 0. The van der Waals surface area contributed by atoms with Crippen molar-refractivity contribution in [2.24, 2.45) is 0 Å². The molecule has 0 radical (unpaired) electrons. The molecule has 0 atom stereocenters. The summed E-state index contributed by atoms with van der Waals surface area (Å²) < 4.78 is 0. The van der Waals surface area contributed by atoms with Gasteiger partial charge in [-0.1, -0.05) is 94.4 Å². The summed E-state index contributed by atoms with van der Waals surface area (Å²) >= 11 is 0. The molecule has 0 heterocycles. The van der Waals surface area contributed by atoms with Gasteiger partial charge < -0.3 is 5.11 Å². The molecule has 0 saturated carbocycles. The largest absolute Gasteiger partial charge is 0.507 e. The number of hydrogen-bond donors (Lipinski definition) is 1. The van der Waals surface area contributed by atoms with Crippen LogP contribution in [0.3, 0.4) is 0 Å². The standard InChI is InChI=1S/C18H28O.2C2H6/c1-8-10-14-13(9-2)17(19)16(18(5,6)7)11-15(14)12(3)4;2*1-2/h9,11-12,19H,2,8,10H2,1,3-7H3;2*1-2H3. The van der Waals surface area contributed by atoms with Crippen molar-refractivity contribution in [1.29, 1.82) is 0 Å². The van der Waals surface area contributed by atoms with Gasteiger partial charge >= 0.3 is 0 Å². The first kappa shape index (κ1) is 24.0. The quantitative estimate of drug-likeness (QED) is 0.610. The van der Waals surface area contributed by atoms with E-state index in [-0.39, 0.29) is 5.41 Å². The zero-order valence-corrected chi connectivity index (χ0v) is 17.3. The van der Waals surface area contributed by atoms with Gasteiger partial charge in [-0.25, -0.2) is 0 Å². The summed E-state index contributed by atoms with van der Waals surface area (Å²) in [7, 11) is 0. The molecule has 1 rings (SSSR count).